The summed E-state index contributed by atoms with van der Waals surface area (Å²) in [6, 6.07) is -6.66. The van der Waals surface area contributed by atoms with Gasteiger partial charge in [0.25, 0.3) is 0 Å². The van der Waals surface area contributed by atoms with Gasteiger partial charge in [0, 0.05) is 0 Å². The zero-order chi connectivity index (χ0) is 20.6. The number of carbonyl (C=O) groups excluding carboxylic acids is 3. The maximum atomic E-state index is 11.6. The van der Waals surface area contributed by atoms with E-state index in [0.29, 0.717) is 0 Å². The molecule has 0 aliphatic heterocycles. The Hall–Kier alpha value is -2.82. The fourth-order valence-electron chi connectivity index (χ4n) is 1.18. The highest BCUT2D eigenvalue weighted by Crippen LogP contribution is 2.16. The number of esters is 3. The molecule has 1 heterocycles. The largest absolute Gasteiger partial charge is 0.394 e. The summed E-state index contributed by atoms with van der Waals surface area (Å²) in [7, 11) is 0. The fourth-order valence-corrected chi connectivity index (χ4v) is 1.18. The summed E-state index contributed by atoms with van der Waals surface area (Å²) < 4.78 is 14.0. The van der Waals surface area contributed by atoms with Crippen molar-refractivity contribution in [1.29, 1.82) is 0 Å². The molecule has 0 spiro atoms. The Morgan fingerprint density at radius 2 is 0.889 bits per heavy atom. The molecule has 15 nitrogen and oxygen atoms in total. The molecule has 0 aliphatic rings. The van der Waals surface area contributed by atoms with Gasteiger partial charge in [-0.1, -0.05) is 0 Å². The van der Waals surface area contributed by atoms with Crippen LogP contribution in [0.4, 0.5) is 0 Å². The van der Waals surface area contributed by atoms with E-state index in [-0.39, 0.29) is 0 Å². The van der Waals surface area contributed by atoms with Crippen molar-refractivity contribution in [2.24, 2.45) is 17.2 Å². The normalized spacial score (nSPS) is 14.0. The fraction of sp³-hybridized carbons (Fsp3) is 0.500. The van der Waals surface area contributed by atoms with Crippen molar-refractivity contribution < 1.29 is 43.9 Å². The van der Waals surface area contributed by atoms with E-state index in [1.165, 1.54) is 0 Å². The number of nitrogens with two attached hydrogens (primary N) is 3. The van der Waals surface area contributed by atoms with Gasteiger partial charge in [-0.25, -0.2) is 14.4 Å². The third kappa shape index (κ3) is 6.77. The lowest BCUT2D eigenvalue weighted by atomic mass is 10.3. The smallest absolute Gasteiger partial charge is 0.333 e. The molecule has 0 aromatic carbocycles. The summed E-state index contributed by atoms with van der Waals surface area (Å²) in [6.07, 6.45) is 0. The number of aliphatic hydroxyl groups excluding tert-OH is 3. The average Bonchev–Trinajstić information content (AvgIpc) is 2.65. The lowest BCUT2D eigenvalue weighted by Gasteiger charge is -2.11. The van der Waals surface area contributed by atoms with Crippen molar-refractivity contribution >= 4 is 17.9 Å². The average molecular weight is 390 g/mol. The van der Waals surface area contributed by atoms with Gasteiger partial charge in [-0.15, -0.1) is 15.0 Å². The second-order valence-electron chi connectivity index (χ2n) is 4.81. The maximum Gasteiger partial charge on any atom is 0.333 e. The summed E-state index contributed by atoms with van der Waals surface area (Å²) in [5, 5.41) is 26.4. The Morgan fingerprint density at radius 1 is 0.667 bits per heavy atom. The molecule has 0 bridgehead atoms. The van der Waals surface area contributed by atoms with Crippen LogP contribution in [0.15, 0.2) is 0 Å². The summed E-state index contributed by atoms with van der Waals surface area (Å²) in [5.74, 6) is -3.47. The molecule has 27 heavy (non-hydrogen) atoms. The third-order valence-electron chi connectivity index (χ3n) is 2.65. The minimum atomic E-state index is -1.43. The first-order valence-corrected chi connectivity index (χ1v) is 7.22. The Bertz CT molecular complexity index is 585. The van der Waals surface area contributed by atoms with Crippen molar-refractivity contribution in [1.82, 2.24) is 15.0 Å². The van der Waals surface area contributed by atoms with E-state index < -0.39 is 73.9 Å². The summed E-state index contributed by atoms with van der Waals surface area (Å²) >= 11 is 0. The van der Waals surface area contributed by atoms with E-state index >= 15 is 0 Å². The van der Waals surface area contributed by atoms with Crippen LogP contribution in [-0.4, -0.2) is 86.1 Å². The van der Waals surface area contributed by atoms with E-state index in [4.69, 9.17) is 32.5 Å². The van der Waals surface area contributed by atoms with E-state index in [0.717, 1.165) is 0 Å². The SMILES string of the molecule is NC(CO)C(=O)Oc1nc(OC(=O)C(N)CO)nc(OC(=O)C(N)CO)n1. The Balaban J connectivity index is 3.11. The van der Waals surface area contributed by atoms with Crippen LogP contribution < -0.4 is 31.4 Å². The van der Waals surface area contributed by atoms with Gasteiger partial charge in [0.05, 0.1) is 19.8 Å². The maximum absolute atomic E-state index is 11.6. The number of hydrogen-bond donors (Lipinski definition) is 6. The van der Waals surface area contributed by atoms with Crippen molar-refractivity contribution in [3.8, 4) is 18.0 Å². The monoisotopic (exact) mass is 390 g/mol. The van der Waals surface area contributed by atoms with Gasteiger partial charge in [0.1, 0.15) is 18.1 Å². The highest BCUT2D eigenvalue weighted by molar-refractivity contribution is 5.79. The number of aromatic nitrogens is 3. The van der Waals surface area contributed by atoms with Crippen LogP contribution in [0.1, 0.15) is 0 Å². The van der Waals surface area contributed by atoms with Gasteiger partial charge in [-0.3, -0.25) is 0 Å². The lowest BCUT2D eigenvalue weighted by Crippen LogP contribution is -2.39. The molecule has 0 saturated heterocycles. The molecule has 0 amide bonds. The van der Waals surface area contributed by atoms with E-state index in [2.05, 4.69) is 29.2 Å². The molecular formula is C12H18N6O9. The summed E-state index contributed by atoms with van der Waals surface area (Å²) in [5.41, 5.74) is 15.8. The number of ether oxygens (including phenoxy) is 3. The first-order valence-electron chi connectivity index (χ1n) is 7.22. The van der Waals surface area contributed by atoms with E-state index in [1.54, 1.807) is 0 Å². The van der Waals surface area contributed by atoms with Crippen LogP contribution in [-0.2, 0) is 14.4 Å². The second kappa shape index (κ2) is 10.4. The van der Waals surface area contributed by atoms with Crippen molar-refractivity contribution in [3.63, 3.8) is 0 Å². The van der Waals surface area contributed by atoms with Crippen molar-refractivity contribution in [3.05, 3.63) is 0 Å². The van der Waals surface area contributed by atoms with Crippen molar-refractivity contribution in [2.75, 3.05) is 19.8 Å². The van der Waals surface area contributed by atoms with Crippen LogP contribution in [0.25, 0.3) is 0 Å². The minimum absolute atomic E-state index is 0.746. The molecule has 150 valence electrons. The molecule has 3 unspecified atom stereocenters. The molecule has 0 fully saturated rings. The predicted octanol–water partition coefficient (Wildman–Crippen LogP) is -5.45. The molecular weight excluding hydrogens is 372 g/mol. The highest BCUT2D eigenvalue weighted by Gasteiger charge is 2.23. The highest BCUT2D eigenvalue weighted by atomic mass is 16.6. The Kier molecular flexibility index (Phi) is 8.52. The molecule has 9 N–H and O–H groups in total. The topological polar surface area (TPSA) is 256 Å². The standard InChI is InChI=1S/C12H18N6O9/c13-4(1-19)7(22)25-10-16-11(26-8(23)5(14)2-20)18-12(17-10)27-9(24)6(15)3-21/h4-6,19-21H,1-3,13-15H2. The number of hydrogen-bond acceptors (Lipinski definition) is 15. The number of rotatable bonds is 9. The van der Waals surface area contributed by atoms with E-state index in [9.17, 15) is 14.4 Å². The van der Waals surface area contributed by atoms with Crippen LogP contribution in [0.5, 0.6) is 18.0 Å². The molecule has 3 atom stereocenters. The van der Waals surface area contributed by atoms with E-state index in [1.807, 2.05) is 0 Å². The van der Waals surface area contributed by atoms with Gasteiger partial charge in [0.15, 0.2) is 0 Å². The first-order chi connectivity index (χ1) is 12.7. The zero-order valence-corrected chi connectivity index (χ0v) is 13.7. The molecule has 0 aliphatic carbocycles. The Morgan fingerprint density at radius 3 is 1.07 bits per heavy atom. The lowest BCUT2D eigenvalue weighted by molar-refractivity contribution is -0.137. The van der Waals surface area contributed by atoms with Crippen LogP contribution in [0.2, 0.25) is 0 Å². The first kappa shape index (κ1) is 22.2. The minimum Gasteiger partial charge on any atom is -0.394 e. The number of nitrogens with zero attached hydrogens (tertiary/aromatic N) is 3. The molecule has 15 heteroatoms. The van der Waals surface area contributed by atoms with Crippen LogP contribution >= 0.6 is 0 Å². The summed E-state index contributed by atoms with van der Waals surface area (Å²) in [4.78, 5) is 45.2. The predicted molar refractivity (Wildman–Crippen MR) is 81.9 cm³/mol. The molecule has 0 saturated carbocycles. The van der Waals surface area contributed by atoms with Gasteiger partial charge in [-0.05, 0) is 0 Å². The number of carbonyl (C=O) groups is 3. The molecule has 1 aromatic rings. The van der Waals surface area contributed by atoms with Gasteiger partial charge in [0.2, 0.25) is 0 Å². The van der Waals surface area contributed by atoms with Crippen molar-refractivity contribution in [2.45, 2.75) is 18.1 Å². The molecule has 0 radical (unpaired) electrons. The summed E-state index contributed by atoms with van der Waals surface area (Å²) in [6.45, 7) is -2.24. The second-order valence-corrected chi connectivity index (χ2v) is 4.81. The van der Waals surface area contributed by atoms with Gasteiger partial charge >= 0.3 is 35.9 Å². The quantitative estimate of drug-likeness (QED) is 0.215. The zero-order valence-electron chi connectivity index (χ0n) is 13.7. The van der Waals surface area contributed by atoms with Crippen LogP contribution in [0, 0.1) is 0 Å². The van der Waals surface area contributed by atoms with Gasteiger partial charge in [-0.2, -0.15) is 0 Å². The molecule has 1 aromatic heterocycles. The Labute approximate surface area is 151 Å². The third-order valence-corrected chi connectivity index (χ3v) is 2.65. The molecule has 1 rings (SSSR count). The number of aliphatic hydroxyl groups is 3. The van der Waals surface area contributed by atoms with Gasteiger partial charge < -0.3 is 46.7 Å². The van der Waals surface area contributed by atoms with Crippen LogP contribution in [0.3, 0.4) is 0 Å².